The van der Waals surface area contributed by atoms with Gasteiger partial charge < -0.3 is 10.4 Å². The molecule has 2 aromatic heterocycles. The molecule has 0 aliphatic heterocycles. The van der Waals surface area contributed by atoms with Crippen LogP contribution in [0.4, 0.5) is 4.39 Å². The van der Waals surface area contributed by atoms with Crippen molar-refractivity contribution in [2.45, 2.75) is 37.1 Å². The number of nitrogens with two attached hydrogens (primary N) is 1. The number of benzene rings is 2. The van der Waals surface area contributed by atoms with Crippen LogP contribution in [0.25, 0.3) is 22.8 Å². The highest BCUT2D eigenvalue weighted by molar-refractivity contribution is 7.98. The molecule has 0 aliphatic rings. The summed E-state index contributed by atoms with van der Waals surface area (Å²) in [6.07, 6.45) is 0. The Labute approximate surface area is 177 Å². The van der Waals surface area contributed by atoms with E-state index in [1.807, 2.05) is 12.1 Å². The molecule has 7 nitrogen and oxygen atoms in total. The van der Waals surface area contributed by atoms with E-state index in [0.29, 0.717) is 34.0 Å². The zero-order valence-electron chi connectivity index (χ0n) is 16.8. The molecular formula is C21H21FN6OS. The second-order valence-corrected chi connectivity index (χ2v) is 8.75. The Morgan fingerprint density at radius 3 is 2.33 bits per heavy atom. The summed E-state index contributed by atoms with van der Waals surface area (Å²) < 4.78 is 19.8. The third-order valence-corrected chi connectivity index (χ3v) is 5.50. The van der Waals surface area contributed by atoms with Crippen LogP contribution in [-0.2, 0) is 11.2 Å². The van der Waals surface area contributed by atoms with Crippen LogP contribution in [0.3, 0.4) is 0 Å². The Morgan fingerprint density at radius 1 is 1.00 bits per heavy atom. The fourth-order valence-electron chi connectivity index (χ4n) is 2.85. The van der Waals surface area contributed by atoms with E-state index in [0.717, 1.165) is 5.56 Å². The number of aromatic nitrogens is 5. The Bertz CT molecular complexity index is 1150. The summed E-state index contributed by atoms with van der Waals surface area (Å²) in [5.74, 6) is 7.66. The minimum Gasteiger partial charge on any atom is -0.338 e. The first-order valence-corrected chi connectivity index (χ1v) is 10.3. The number of hydrogen-bond acceptors (Lipinski definition) is 7. The van der Waals surface area contributed by atoms with Crippen molar-refractivity contribution in [3.8, 4) is 22.8 Å². The number of thioether (sulfide) groups is 1. The lowest BCUT2D eigenvalue weighted by Gasteiger charge is -2.19. The average molecular weight is 425 g/mol. The fourth-order valence-corrected chi connectivity index (χ4v) is 3.54. The van der Waals surface area contributed by atoms with Crippen molar-refractivity contribution < 1.29 is 8.91 Å². The smallest absolute Gasteiger partial charge is 0.237 e. The molecule has 0 aliphatic carbocycles. The zero-order chi connectivity index (χ0) is 21.3. The summed E-state index contributed by atoms with van der Waals surface area (Å²) in [4.78, 5) is 4.33. The molecule has 2 N–H and O–H groups in total. The van der Waals surface area contributed by atoms with Gasteiger partial charge in [-0.3, -0.25) is 0 Å². The molecule has 0 amide bonds. The van der Waals surface area contributed by atoms with Gasteiger partial charge >= 0.3 is 0 Å². The van der Waals surface area contributed by atoms with Gasteiger partial charge in [0.2, 0.25) is 16.9 Å². The van der Waals surface area contributed by atoms with Crippen LogP contribution in [-0.4, -0.2) is 25.0 Å². The first kappa shape index (κ1) is 20.1. The molecule has 0 saturated carbocycles. The number of halogens is 1. The van der Waals surface area contributed by atoms with Crippen LogP contribution in [0.2, 0.25) is 0 Å². The first-order chi connectivity index (χ1) is 14.3. The molecule has 4 aromatic rings. The molecule has 0 spiro atoms. The maximum Gasteiger partial charge on any atom is 0.237 e. The van der Waals surface area contributed by atoms with Gasteiger partial charge in [-0.15, -0.1) is 10.2 Å². The monoisotopic (exact) mass is 424 g/mol. The Morgan fingerprint density at radius 2 is 1.67 bits per heavy atom. The van der Waals surface area contributed by atoms with E-state index in [1.165, 1.54) is 34.1 Å². The highest BCUT2D eigenvalue weighted by Crippen LogP contribution is 2.27. The number of hydrogen-bond donors (Lipinski definition) is 1. The van der Waals surface area contributed by atoms with Gasteiger partial charge in [0.1, 0.15) is 5.82 Å². The highest BCUT2D eigenvalue weighted by Gasteiger charge is 2.17. The van der Waals surface area contributed by atoms with E-state index in [4.69, 9.17) is 10.4 Å². The van der Waals surface area contributed by atoms with Crippen molar-refractivity contribution in [3.63, 3.8) is 0 Å². The third-order valence-electron chi connectivity index (χ3n) is 4.57. The van der Waals surface area contributed by atoms with E-state index in [-0.39, 0.29) is 11.2 Å². The maximum atomic E-state index is 13.1. The number of rotatable bonds is 5. The van der Waals surface area contributed by atoms with Crippen molar-refractivity contribution in [1.82, 2.24) is 25.0 Å². The summed E-state index contributed by atoms with van der Waals surface area (Å²) in [5, 5.41) is 12.9. The summed E-state index contributed by atoms with van der Waals surface area (Å²) in [7, 11) is 0. The van der Waals surface area contributed by atoms with E-state index in [1.54, 1.807) is 12.1 Å². The van der Waals surface area contributed by atoms with Gasteiger partial charge in [0.05, 0.1) is 5.75 Å². The van der Waals surface area contributed by atoms with Crippen LogP contribution >= 0.6 is 11.8 Å². The fraction of sp³-hybridized carbons (Fsp3) is 0.238. The predicted molar refractivity (Wildman–Crippen MR) is 114 cm³/mol. The van der Waals surface area contributed by atoms with Gasteiger partial charge in [-0.05, 0) is 35.2 Å². The van der Waals surface area contributed by atoms with Gasteiger partial charge in [-0.2, -0.15) is 4.98 Å². The molecule has 0 saturated heterocycles. The largest absolute Gasteiger partial charge is 0.338 e. The molecule has 4 rings (SSSR count). The van der Waals surface area contributed by atoms with E-state index in [2.05, 4.69) is 53.2 Å². The van der Waals surface area contributed by atoms with Crippen molar-refractivity contribution >= 4 is 11.8 Å². The van der Waals surface area contributed by atoms with E-state index < -0.39 is 0 Å². The molecule has 0 unspecified atom stereocenters. The van der Waals surface area contributed by atoms with Crippen molar-refractivity contribution in [2.24, 2.45) is 0 Å². The number of nitrogen functional groups attached to an aromatic ring is 1. The Balaban J connectivity index is 1.45. The van der Waals surface area contributed by atoms with Crippen LogP contribution in [0.5, 0.6) is 0 Å². The third kappa shape index (κ3) is 4.20. The van der Waals surface area contributed by atoms with Gasteiger partial charge in [0.25, 0.3) is 0 Å². The minimum absolute atomic E-state index is 0.0762. The van der Waals surface area contributed by atoms with Crippen molar-refractivity contribution in [1.29, 1.82) is 0 Å². The van der Waals surface area contributed by atoms with E-state index in [9.17, 15) is 4.39 Å². The molecule has 2 aromatic carbocycles. The molecule has 0 bridgehead atoms. The second kappa shape index (κ2) is 7.91. The lowest BCUT2D eigenvalue weighted by atomic mass is 9.87. The molecule has 9 heteroatoms. The maximum absolute atomic E-state index is 13.1. The van der Waals surface area contributed by atoms with Crippen LogP contribution in [0.1, 0.15) is 32.2 Å². The molecule has 0 radical (unpaired) electrons. The predicted octanol–water partition coefficient (Wildman–Crippen LogP) is 4.44. The SMILES string of the molecule is CC(C)(C)c1ccc(-c2nnc(SCc3nc(-c4ccc(F)cc4)no3)n2N)cc1. The topological polar surface area (TPSA) is 95.6 Å². The lowest BCUT2D eigenvalue weighted by molar-refractivity contribution is 0.391. The molecular weight excluding hydrogens is 403 g/mol. The summed E-state index contributed by atoms with van der Waals surface area (Å²) in [5.41, 5.74) is 2.88. The zero-order valence-corrected chi connectivity index (χ0v) is 17.7. The highest BCUT2D eigenvalue weighted by atomic mass is 32.2. The summed E-state index contributed by atoms with van der Waals surface area (Å²) >= 11 is 1.34. The van der Waals surface area contributed by atoms with Gasteiger partial charge in [0.15, 0.2) is 5.82 Å². The van der Waals surface area contributed by atoms with Gasteiger partial charge in [-0.25, -0.2) is 9.07 Å². The van der Waals surface area contributed by atoms with Gasteiger partial charge in [-0.1, -0.05) is 62.0 Å². The lowest BCUT2D eigenvalue weighted by Crippen LogP contribution is -2.12. The minimum atomic E-state index is -0.316. The van der Waals surface area contributed by atoms with Crippen LogP contribution < -0.4 is 5.84 Å². The molecule has 0 atom stereocenters. The Kier molecular flexibility index (Phi) is 5.29. The Hall–Kier alpha value is -3.20. The average Bonchev–Trinajstić information content (AvgIpc) is 3.33. The summed E-state index contributed by atoms with van der Waals surface area (Å²) in [6, 6.07) is 14.1. The van der Waals surface area contributed by atoms with E-state index >= 15 is 0 Å². The van der Waals surface area contributed by atoms with Crippen LogP contribution in [0.15, 0.2) is 58.2 Å². The molecule has 2 heterocycles. The van der Waals surface area contributed by atoms with Gasteiger partial charge in [0, 0.05) is 11.1 Å². The molecule has 0 fully saturated rings. The summed E-state index contributed by atoms with van der Waals surface area (Å²) in [6.45, 7) is 6.50. The molecule has 30 heavy (non-hydrogen) atoms. The van der Waals surface area contributed by atoms with Crippen LogP contribution in [0, 0.1) is 5.82 Å². The van der Waals surface area contributed by atoms with Crippen molar-refractivity contribution in [3.05, 3.63) is 65.8 Å². The standard InChI is InChI=1S/C21H21FN6OS/c1-21(2,3)15-8-4-14(5-9-15)19-25-26-20(28(19)23)30-12-17-24-18(27-29-17)13-6-10-16(22)11-7-13/h4-11H,12,23H2,1-3H3. The first-order valence-electron chi connectivity index (χ1n) is 9.34. The normalized spacial score (nSPS) is 11.7. The van der Waals surface area contributed by atoms with Crippen molar-refractivity contribution in [2.75, 3.05) is 5.84 Å². The quantitative estimate of drug-likeness (QED) is 0.374. The molecule has 154 valence electrons. The second-order valence-electron chi connectivity index (χ2n) is 7.81. The number of nitrogens with zero attached hydrogens (tertiary/aromatic N) is 5.